The lowest BCUT2D eigenvalue weighted by Gasteiger charge is -2.19. The van der Waals surface area contributed by atoms with Crippen LogP contribution in [0.3, 0.4) is 0 Å². The Morgan fingerprint density at radius 2 is 1.93 bits per heavy atom. The van der Waals surface area contributed by atoms with E-state index in [0.29, 0.717) is 17.5 Å². The van der Waals surface area contributed by atoms with Crippen molar-refractivity contribution in [1.29, 1.82) is 10.9 Å². The van der Waals surface area contributed by atoms with Crippen LogP contribution in [0.5, 0.6) is 0 Å². The molecule has 0 radical (unpaired) electrons. The van der Waals surface area contributed by atoms with Gasteiger partial charge in [-0.3, -0.25) is 0 Å². The van der Waals surface area contributed by atoms with Gasteiger partial charge in [0.2, 0.25) is 0 Å². The molecule has 0 aliphatic carbocycles. The fourth-order valence-electron chi connectivity index (χ4n) is 1.56. The van der Waals surface area contributed by atoms with Crippen LogP contribution in [0.4, 0.5) is 0 Å². The van der Waals surface area contributed by atoms with Crippen molar-refractivity contribution < 1.29 is 0 Å². The molecule has 0 fully saturated rings. The van der Waals surface area contributed by atoms with Crippen LogP contribution < -0.4 is 0 Å². The van der Waals surface area contributed by atoms with E-state index in [1.54, 1.807) is 0 Å². The van der Waals surface area contributed by atoms with Gasteiger partial charge < -0.3 is 5.41 Å². The van der Waals surface area contributed by atoms with Crippen molar-refractivity contribution in [3.8, 4) is 0 Å². The van der Waals surface area contributed by atoms with Gasteiger partial charge in [0.1, 0.15) is 0 Å². The van der Waals surface area contributed by atoms with Crippen LogP contribution in [-0.4, -0.2) is 12.3 Å². The van der Waals surface area contributed by atoms with Gasteiger partial charge >= 0.3 is 0 Å². The number of hydrogen-bond acceptors (Lipinski definition) is 3. The highest BCUT2D eigenvalue weighted by Gasteiger charge is 2.13. The third-order valence-electron chi connectivity index (χ3n) is 2.82. The molecular formula is C11H23N3. The largest absolute Gasteiger partial charge is 0.308 e. The van der Waals surface area contributed by atoms with Gasteiger partial charge in [0, 0.05) is 5.71 Å². The van der Waals surface area contributed by atoms with Crippen LogP contribution in [0, 0.1) is 22.8 Å². The van der Waals surface area contributed by atoms with E-state index in [1.165, 1.54) is 19.3 Å². The second-order valence-electron chi connectivity index (χ2n) is 4.22. The lowest BCUT2D eigenvalue weighted by molar-refractivity contribution is 0.363. The zero-order valence-corrected chi connectivity index (χ0v) is 9.64. The smallest absolute Gasteiger partial charge is 0.0971 e. The molecule has 3 nitrogen and oxygen atoms in total. The third kappa shape index (κ3) is 5.84. The standard InChI is InChI=1S/C11H23N3/c1-4-5-6-9(2)10(3)7-11(12)8-14-13/h9-10,12-13H,4-8H2,1-3H3. The molecule has 82 valence electrons. The van der Waals surface area contributed by atoms with Gasteiger partial charge in [-0.1, -0.05) is 40.0 Å². The van der Waals surface area contributed by atoms with Crippen molar-refractivity contribution in [3.05, 3.63) is 0 Å². The molecule has 0 amide bonds. The van der Waals surface area contributed by atoms with Crippen LogP contribution in [0.25, 0.3) is 0 Å². The number of hydrogen-bond donors (Lipinski definition) is 2. The highest BCUT2D eigenvalue weighted by molar-refractivity contribution is 5.83. The first-order valence-electron chi connectivity index (χ1n) is 5.51. The highest BCUT2D eigenvalue weighted by atomic mass is 14.9. The van der Waals surface area contributed by atoms with E-state index < -0.39 is 0 Å². The average Bonchev–Trinajstić information content (AvgIpc) is 2.14. The molecule has 2 atom stereocenters. The fraction of sp³-hybridized carbons (Fsp3) is 0.909. The predicted octanol–water partition coefficient (Wildman–Crippen LogP) is 3.89. The molecule has 0 aliphatic heterocycles. The normalized spacial score (nSPS) is 14.8. The van der Waals surface area contributed by atoms with E-state index in [2.05, 4.69) is 25.9 Å². The van der Waals surface area contributed by atoms with Gasteiger partial charge in [0.05, 0.1) is 6.54 Å². The molecule has 0 saturated heterocycles. The van der Waals surface area contributed by atoms with Crippen molar-refractivity contribution in [3.63, 3.8) is 0 Å². The van der Waals surface area contributed by atoms with Gasteiger partial charge in [0.25, 0.3) is 0 Å². The average molecular weight is 197 g/mol. The summed E-state index contributed by atoms with van der Waals surface area (Å²) in [5, 5.41) is 10.8. The summed E-state index contributed by atoms with van der Waals surface area (Å²) in [6, 6.07) is 0. The summed E-state index contributed by atoms with van der Waals surface area (Å²) in [7, 11) is 0. The van der Waals surface area contributed by atoms with Gasteiger partial charge in [0.15, 0.2) is 0 Å². The summed E-state index contributed by atoms with van der Waals surface area (Å²) in [5.41, 5.74) is 7.27. The van der Waals surface area contributed by atoms with Crippen LogP contribution >= 0.6 is 0 Å². The van der Waals surface area contributed by atoms with Crippen molar-refractivity contribution in [2.75, 3.05) is 6.54 Å². The zero-order valence-electron chi connectivity index (χ0n) is 9.64. The Labute approximate surface area is 87.3 Å². The number of rotatable bonds is 8. The maximum absolute atomic E-state index is 7.58. The van der Waals surface area contributed by atoms with Gasteiger partial charge in [-0.25, -0.2) is 5.53 Å². The Bertz CT molecular complexity index is 177. The molecule has 0 aromatic rings. The van der Waals surface area contributed by atoms with E-state index in [1.807, 2.05) is 0 Å². The van der Waals surface area contributed by atoms with Crippen molar-refractivity contribution in [2.45, 2.75) is 46.5 Å². The van der Waals surface area contributed by atoms with Gasteiger partial charge in [-0.2, -0.15) is 5.11 Å². The lowest BCUT2D eigenvalue weighted by atomic mass is 9.87. The van der Waals surface area contributed by atoms with Crippen LogP contribution in [0.2, 0.25) is 0 Å². The molecule has 0 aromatic carbocycles. The number of nitrogens with one attached hydrogen (secondary N) is 2. The van der Waals surface area contributed by atoms with Crippen molar-refractivity contribution >= 4 is 5.71 Å². The van der Waals surface area contributed by atoms with E-state index in [4.69, 9.17) is 10.9 Å². The second kappa shape index (κ2) is 7.65. The molecule has 2 unspecified atom stereocenters. The molecule has 0 saturated carbocycles. The van der Waals surface area contributed by atoms with Crippen LogP contribution in [0.1, 0.15) is 46.5 Å². The van der Waals surface area contributed by atoms with E-state index in [-0.39, 0.29) is 6.54 Å². The Morgan fingerprint density at radius 3 is 2.43 bits per heavy atom. The topological polar surface area (TPSA) is 60.1 Å². The van der Waals surface area contributed by atoms with E-state index >= 15 is 0 Å². The molecule has 0 spiro atoms. The molecule has 0 bridgehead atoms. The van der Waals surface area contributed by atoms with Crippen LogP contribution in [-0.2, 0) is 0 Å². The third-order valence-corrected chi connectivity index (χ3v) is 2.82. The first kappa shape index (κ1) is 13.3. The second-order valence-corrected chi connectivity index (χ2v) is 4.22. The number of unbranched alkanes of at least 4 members (excludes halogenated alkanes) is 1. The first-order chi connectivity index (χ1) is 6.61. The van der Waals surface area contributed by atoms with Gasteiger partial charge in [-0.05, 0) is 18.3 Å². The Balaban J connectivity index is 3.75. The minimum Gasteiger partial charge on any atom is -0.308 e. The summed E-state index contributed by atoms with van der Waals surface area (Å²) in [5.74, 6) is 1.23. The van der Waals surface area contributed by atoms with Crippen LogP contribution in [0.15, 0.2) is 5.11 Å². The summed E-state index contributed by atoms with van der Waals surface area (Å²) in [4.78, 5) is 0. The Kier molecular flexibility index (Phi) is 7.25. The molecule has 2 N–H and O–H groups in total. The Hall–Kier alpha value is -0.730. The molecule has 0 aliphatic rings. The minimum atomic E-state index is 0.283. The summed E-state index contributed by atoms with van der Waals surface area (Å²) in [6.07, 6.45) is 4.58. The predicted molar refractivity (Wildman–Crippen MR) is 60.2 cm³/mol. The monoisotopic (exact) mass is 197 g/mol. The van der Waals surface area contributed by atoms with Crippen molar-refractivity contribution in [1.82, 2.24) is 0 Å². The fourth-order valence-corrected chi connectivity index (χ4v) is 1.56. The van der Waals surface area contributed by atoms with E-state index in [9.17, 15) is 0 Å². The zero-order chi connectivity index (χ0) is 11.0. The highest BCUT2D eigenvalue weighted by Crippen LogP contribution is 2.21. The lowest BCUT2D eigenvalue weighted by Crippen LogP contribution is -2.14. The maximum Gasteiger partial charge on any atom is 0.0971 e. The summed E-state index contributed by atoms with van der Waals surface area (Å²) >= 11 is 0. The minimum absolute atomic E-state index is 0.283. The molecule has 14 heavy (non-hydrogen) atoms. The number of nitrogens with zero attached hydrogens (tertiary/aromatic N) is 1. The Morgan fingerprint density at radius 1 is 1.29 bits per heavy atom. The molecule has 3 heteroatoms. The summed E-state index contributed by atoms with van der Waals surface area (Å²) < 4.78 is 0. The molecular weight excluding hydrogens is 174 g/mol. The first-order valence-corrected chi connectivity index (χ1v) is 5.51. The SMILES string of the molecule is CCCCC(C)C(C)CC(=N)CN=N. The van der Waals surface area contributed by atoms with Gasteiger partial charge in [-0.15, -0.1) is 0 Å². The molecule has 0 aromatic heterocycles. The quantitative estimate of drug-likeness (QED) is 0.438. The van der Waals surface area contributed by atoms with Crippen molar-refractivity contribution in [2.24, 2.45) is 17.0 Å². The molecule has 0 heterocycles. The molecule has 0 rings (SSSR count). The van der Waals surface area contributed by atoms with E-state index in [0.717, 1.165) is 6.42 Å². The summed E-state index contributed by atoms with van der Waals surface area (Å²) in [6.45, 7) is 6.94. The maximum atomic E-state index is 7.58.